The lowest BCUT2D eigenvalue weighted by Gasteiger charge is -2.36. The molecule has 3 heterocycles. The van der Waals surface area contributed by atoms with Gasteiger partial charge in [0.25, 0.3) is 0 Å². The van der Waals surface area contributed by atoms with Crippen molar-refractivity contribution >= 4 is 40.6 Å². The van der Waals surface area contributed by atoms with Gasteiger partial charge in [0.2, 0.25) is 11.9 Å². The summed E-state index contributed by atoms with van der Waals surface area (Å²) in [4.78, 5) is 24.8. The van der Waals surface area contributed by atoms with Crippen molar-refractivity contribution in [2.24, 2.45) is 5.92 Å². The maximum atomic E-state index is 11.7. The number of carbonyl (C=O) groups excluding carboxylic acids is 1. The average molecular weight is 503 g/mol. The van der Waals surface area contributed by atoms with E-state index in [4.69, 9.17) is 21.1 Å². The molecule has 2 saturated heterocycles. The molecular formula is C25H35ClN6O3. The predicted octanol–water partition coefficient (Wildman–Crippen LogP) is 4.17. The van der Waals surface area contributed by atoms with E-state index >= 15 is 0 Å². The maximum Gasteiger partial charge on any atom is 0.229 e. The van der Waals surface area contributed by atoms with E-state index in [1.165, 1.54) is 0 Å². The fourth-order valence-corrected chi connectivity index (χ4v) is 4.49. The Labute approximate surface area is 212 Å². The van der Waals surface area contributed by atoms with Crippen LogP contribution in [0.4, 0.5) is 23.1 Å². The molecule has 0 saturated carbocycles. The van der Waals surface area contributed by atoms with E-state index < -0.39 is 0 Å². The Kier molecular flexibility index (Phi) is 8.51. The zero-order chi connectivity index (χ0) is 24.8. The standard InChI is InChI=1S/C25H35ClN6O3/c1-17(2)35-23-14-20(4-5-22(23)32-10-8-31(9-11-32)18(3)33)29-25-28-16-21(26)24(30-25)27-15-19-6-12-34-13-7-19/h4-5,14,16-17,19H,6-13,15H2,1-3H3,(H2,27,28,29,30). The number of ether oxygens (including phenoxy) is 2. The molecule has 0 atom stereocenters. The van der Waals surface area contributed by atoms with Gasteiger partial charge in [0.05, 0.1) is 18.0 Å². The summed E-state index contributed by atoms with van der Waals surface area (Å²) in [5, 5.41) is 7.15. The van der Waals surface area contributed by atoms with Gasteiger partial charge in [-0.15, -0.1) is 0 Å². The molecule has 1 amide bonds. The van der Waals surface area contributed by atoms with Crippen LogP contribution in [0.5, 0.6) is 5.75 Å². The van der Waals surface area contributed by atoms with Gasteiger partial charge < -0.3 is 29.9 Å². The van der Waals surface area contributed by atoms with Crippen LogP contribution >= 0.6 is 11.6 Å². The van der Waals surface area contributed by atoms with Crippen molar-refractivity contribution in [3.63, 3.8) is 0 Å². The van der Waals surface area contributed by atoms with Crippen LogP contribution in [0.3, 0.4) is 0 Å². The summed E-state index contributed by atoms with van der Waals surface area (Å²) in [5.41, 5.74) is 1.84. The number of nitrogens with one attached hydrogen (secondary N) is 2. The van der Waals surface area contributed by atoms with Crippen molar-refractivity contribution in [2.75, 3.05) is 61.5 Å². The number of amides is 1. The van der Waals surface area contributed by atoms with E-state index in [2.05, 4.69) is 25.5 Å². The Hall–Kier alpha value is -2.78. The lowest BCUT2D eigenvalue weighted by atomic mass is 10.0. The van der Waals surface area contributed by atoms with Crippen molar-refractivity contribution in [1.82, 2.24) is 14.9 Å². The Morgan fingerprint density at radius 1 is 1.23 bits per heavy atom. The van der Waals surface area contributed by atoms with Crippen molar-refractivity contribution < 1.29 is 14.3 Å². The highest BCUT2D eigenvalue weighted by atomic mass is 35.5. The summed E-state index contributed by atoms with van der Waals surface area (Å²) in [6.07, 6.45) is 3.71. The van der Waals surface area contributed by atoms with Crippen LogP contribution < -0.4 is 20.3 Å². The monoisotopic (exact) mass is 502 g/mol. The molecule has 0 aliphatic carbocycles. The number of hydrogen-bond acceptors (Lipinski definition) is 8. The highest BCUT2D eigenvalue weighted by Gasteiger charge is 2.22. The molecule has 9 nitrogen and oxygen atoms in total. The average Bonchev–Trinajstić information content (AvgIpc) is 2.85. The number of anilines is 4. The Balaban J connectivity index is 1.46. The fourth-order valence-electron chi connectivity index (χ4n) is 4.34. The van der Waals surface area contributed by atoms with E-state index in [0.29, 0.717) is 35.8 Å². The van der Waals surface area contributed by atoms with Crippen LogP contribution in [0.15, 0.2) is 24.4 Å². The normalized spacial score (nSPS) is 16.9. The molecule has 2 aliphatic heterocycles. The minimum atomic E-state index is 0.0234. The topological polar surface area (TPSA) is 91.9 Å². The van der Waals surface area contributed by atoms with Crippen LogP contribution in [0.1, 0.15) is 33.6 Å². The number of aromatic nitrogens is 2. The van der Waals surface area contributed by atoms with Crippen LogP contribution in [0.25, 0.3) is 0 Å². The molecule has 190 valence electrons. The molecule has 1 aromatic carbocycles. The van der Waals surface area contributed by atoms with Crippen LogP contribution in [0, 0.1) is 5.92 Å². The van der Waals surface area contributed by atoms with Gasteiger partial charge in [-0.05, 0) is 44.7 Å². The smallest absolute Gasteiger partial charge is 0.229 e. The van der Waals surface area contributed by atoms with Gasteiger partial charge in [-0.1, -0.05) is 11.6 Å². The molecule has 2 aromatic rings. The molecule has 0 spiro atoms. The SMILES string of the molecule is CC(=O)N1CCN(c2ccc(Nc3ncc(Cl)c(NCC4CCOCC4)n3)cc2OC(C)C)CC1. The molecular weight excluding hydrogens is 468 g/mol. The third kappa shape index (κ3) is 6.89. The zero-order valence-corrected chi connectivity index (χ0v) is 21.5. The van der Waals surface area contributed by atoms with E-state index in [-0.39, 0.29) is 12.0 Å². The first-order chi connectivity index (χ1) is 16.9. The fraction of sp³-hybridized carbons (Fsp3) is 0.560. The Bertz CT molecular complexity index is 1010. The second-order valence-electron chi connectivity index (χ2n) is 9.29. The van der Waals surface area contributed by atoms with Crippen LogP contribution in [-0.4, -0.2) is 72.8 Å². The summed E-state index contributed by atoms with van der Waals surface area (Å²) >= 11 is 6.35. The van der Waals surface area contributed by atoms with Crippen molar-refractivity contribution in [2.45, 2.75) is 39.7 Å². The molecule has 35 heavy (non-hydrogen) atoms. The number of nitrogens with zero attached hydrogens (tertiary/aromatic N) is 4. The molecule has 0 bridgehead atoms. The minimum absolute atomic E-state index is 0.0234. The summed E-state index contributed by atoms with van der Waals surface area (Å²) in [6.45, 7) is 11.0. The van der Waals surface area contributed by atoms with Crippen molar-refractivity contribution in [1.29, 1.82) is 0 Å². The zero-order valence-electron chi connectivity index (χ0n) is 20.7. The van der Waals surface area contributed by atoms with Crippen LogP contribution in [-0.2, 0) is 9.53 Å². The van der Waals surface area contributed by atoms with Gasteiger partial charge in [0.1, 0.15) is 10.8 Å². The quantitative estimate of drug-likeness (QED) is 0.555. The number of halogens is 1. The molecule has 0 unspecified atom stereocenters. The van der Waals surface area contributed by atoms with Gasteiger partial charge >= 0.3 is 0 Å². The van der Waals surface area contributed by atoms with Gasteiger partial charge in [0, 0.05) is 64.6 Å². The summed E-state index contributed by atoms with van der Waals surface area (Å²) in [6, 6.07) is 6.01. The van der Waals surface area contributed by atoms with E-state index in [0.717, 1.165) is 62.8 Å². The number of hydrogen-bond donors (Lipinski definition) is 2. The maximum absolute atomic E-state index is 11.7. The van der Waals surface area contributed by atoms with Crippen molar-refractivity contribution in [3.05, 3.63) is 29.4 Å². The highest BCUT2D eigenvalue weighted by molar-refractivity contribution is 6.32. The highest BCUT2D eigenvalue weighted by Crippen LogP contribution is 2.34. The minimum Gasteiger partial charge on any atom is -0.489 e. The molecule has 4 rings (SSSR count). The number of carbonyl (C=O) groups is 1. The molecule has 10 heteroatoms. The Morgan fingerprint density at radius 3 is 2.66 bits per heavy atom. The summed E-state index contributed by atoms with van der Waals surface area (Å²) in [7, 11) is 0. The van der Waals surface area contributed by atoms with Gasteiger partial charge in [-0.2, -0.15) is 4.98 Å². The second kappa shape index (κ2) is 11.8. The van der Waals surface area contributed by atoms with E-state index in [1.807, 2.05) is 36.9 Å². The predicted molar refractivity (Wildman–Crippen MR) is 139 cm³/mol. The number of piperazine rings is 1. The third-order valence-corrected chi connectivity index (χ3v) is 6.56. The summed E-state index contributed by atoms with van der Waals surface area (Å²) < 4.78 is 11.6. The van der Waals surface area contributed by atoms with Crippen LogP contribution in [0.2, 0.25) is 5.02 Å². The molecule has 1 aromatic heterocycles. The van der Waals surface area contributed by atoms with Crippen molar-refractivity contribution in [3.8, 4) is 5.75 Å². The third-order valence-electron chi connectivity index (χ3n) is 6.29. The molecule has 2 N–H and O–H groups in total. The van der Waals surface area contributed by atoms with E-state index in [1.54, 1.807) is 13.1 Å². The van der Waals surface area contributed by atoms with Gasteiger partial charge in [0.15, 0.2) is 5.82 Å². The van der Waals surface area contributed by atoms with Gasteiger partial charge in [-0.3, -0.25) is 4.79 Å². The molecule has 2 fully saturated rings. The van der Waals surface area contributed by atoms with E-state index in [9.17, 15) is 4.79 Å². The number of benzene rings is 1. The molecule has 0 radical (unpaired) electrons. The first-order valence-corrected chi connectivity index (χ1v) is 12.7. The van der Waals surface area contributed by atoms with Gasteiger partial charge in [-0.25, -0.2) is 4.98 Å². The first kappa shape index (κ1) is 25.3. The number of rotatable bonds is 8. The second-order valence-corrected chi connectivity index (χ2v) is 9.70. The lowest BCUT2D eigenvalue weighted by molar-refractivity contribution is -0.129. The summed E-state index contributed by atoms with van der Waals surface area (Å²) in [5.74, 6) is 2.53. The molecule has 2 aliphatic rings. The largest absolute Gasteiger partial charge is 0.489 e. The first-order valence-electron chi connectivity index (χ1n) is 12.3. The lowest BCUT2D eigenvalue weighted by Crippen LogP contribution is -2.48. The Morgan fingerprint density at radius 2 is 1.97 bits per heavy atom.